The van der Waals surface area contributed by atoms with Crippen LogP contribution in [0, 0.1) is 5.92 Å². The molecule has 0 saturated heterocycles. The Balaban J connectivity index is 1.52. The van der Waals surface area contributed by atoms with Crippen molar-refractivity contribution in [1.29, 1.82) is 0 Å². The van der Waals surface area contributed by atoms with Gasteiger partial charge in [-0.2, -0.15) is 5.10 Å². The first-order valence-corrected chi connectivity index (χ1v) is 9.31. The van der Waals surface area contributed by atoms with Gasteiger partial charge in [0.25, 0.3) is 11.8 Å². The molecule has 1 aliphatic carbocycles. The highest BCUT2D eigenvalue weighted by Crippen LogP contribution is 2.32. The molecule has 2 aromatic carbocycles. The molecule has 1 fully saturated rings. The molecule has 0 aromatic heterocycles. The Bertz CT molecular complexity index is 851. The Morgan fingerprint density at radius 2 is 1.59 bits per heavy atom. The number of nitrogens with zero attached hydrogens (tertiary/aromatic N) is 2. The van der Waals surface area contributed by atoms with Gasteiger partial charge in [0.1, 0.15) is 6.17 Å². The average Bonchev–Trinajstić information content (AvgIpc) is 3.11. The summed E-state index contributed by atoms with van der Waals surface area (Å²) in [5.74, 6) is -0.265. The molecule has 6 heteroatoms. The first-order valence-electron chi connectivity index (χ1n) is 9.31. The number of nitrogens with one attached hydrogen (secondary N) is 2. The van der Waals surface area contributed by atoms with Crippen LogP contribution in [0.3, 0.4) is 0 Å². The van der Waals surface area contributed by atoms with Crippen LogP contribution in [0.5, 0.6) is 0 Å². The van der Waals surface area contributed by atoms with Crippen molar-refractivity contribution in [2.24, 2.45) is 11.0 Å². The summed E-state index contributed by atoms with van der Waals surface area (Å²) in [6, 6.07) is 18.1. The Morgan fingerprint density at radius 3 is 2.30 bits per heavy atom. The molecule has 0 unspecified atom stereocenters. The molecule has 0 bridgehead atoms. The lowest BCUT2D eigenvalue weighted by Crippen LogP contribution is -2.55. The van der Waals surface area contributed by atoms with E-state index in [0.717, 1.165) is 31.4 Å². The maximum atomic E-state index is 13.0. The maximum absolute atomic E-state index is 13.0. The van der Waals surface area contributed by atoms with Crippen molar-refractivity contribution in [2.75, 3.05) is 0 Å². The third-order valence-corrected chi connectivity index (χ3v) is 5.11. The summed E-state index contributed by atoms with van der Waals surface area (Å²) in [6.07, 6.45) is 3.67. The smallest absolute Gasteiger partial charge is 0.275 e. The zero-order valence-corrected chi connectivity index (χ0v) is 15.0. The molecule has 2 N–H and O–H groups in total. The second-order valence-electron chi connectivity index (χ2n) is 6.87. The maximum Gasteiger partial charge on any atom is 0.275 e. The molecule has 0 radical (unpaired) electrons. The van der Waals surface area contributed by atoms with Crippen molar-refractivity contribution in [1.82, 2.24) is 15.9 Å². The summed E-state index contributed by atoms with van der Waals surface area (Å²) < 4.78 is 0. The van der Waals surface area contributed by atoms with Crippen LogP contribution in [-0.2, 0) is 0 Å². The van der Waals surface area contributed by atoms with Gasteiger partial charge < -0.3 is 0 Å². The second kappa shape index (κ2) is 7.72. The number of rotatable bonds is 4. The lowest BCUT2D eigenvalue weighted by atomic mass is 9.86. The van der Waals surface area contributed by atoms with E-state index in [1.54, 1.807) is 24.3 Å². The number of carbonyl (C=O) groups is 2. The molecular formula is C21H22N4O2. The first kappa shape index (κ1) is 17.4. The Labute approximate surface area is 158 Å². The molecule has 1 heterocycles. The van der Waals surface area contributed by atoms with Crippen LogP contribution in [0.2, 0.25) is 0 Å². The largest absolute Gasteiger partial charge is 0.285 e. The van der Waals surface area contributed by atoms with Gasteiger partial charge in [0.2, 0.25) is 0 Å². The Kier molecular flexibility index (Phi) is 4.98. The average molecular weight is 362 g/mol. The topological polar surface area (TPSA) is 73.8 Å². The Morgan fingerprint density at radius 1 is 0.926 bits per heavy atom. The molecule has 2 atom stereocenters. The van der Waals surface area contributed by atoms with E-state index in [0.29, 0.717) is 11.1 Å². The SMILES string of the molecule is O=C(NN[C@@H]1[C@@H]2CCCCC2=NN1C(=O)c1ccccc1)c1ccccc1. The molecule has 1 saturated carbocycles. The number of amides is 2. The second-order valence-corrected chi connectivity index (χ2v) is 6.87. The molecule has 0 spiro atoms. The van der Waals surface area contributed by atoms with Crippen molar-refractivity contribution in [3.8, 4) is 0 Å². The van der Waals surface area contributed by atoms with Crippen LogP contribution in [0.15, 0.2) is 65.8 Å². The van der Waals surface area contributed by atoms with Crippen LogP contribution in [0.1, 0.15) is 46.4 Å². The summed E-state index contributed by atoms with van der Waals surface area (Å²) in [7, 11) is 0. The van der Waals surface area contributed by atoms with Crippen molar-refractivity contribution in [3.05, 3.63) is 71.8 Å². The Hall–Kier alpha value is -2.99. The van der Waals surface area contributed by atoms with E-state index < -0.39 is 0 Å². The zero-order chi connectivity index (χ0) is 18.6. The minimum atomic E-state index is -0.374. The summed E-state index contributed by atoms with van der Waals surface area (Å²) in [5.41, 5.74) is 8.01. The highest BCUT2D eigenvalue weighted by molar-refractivity contribution is 5.99. The van der Waals surface area contributed by atoms with E-state index in [-0.39, 0.29) is 23.9 Å². The predicted octanol–water partition coefficient (Wildman–Crippen LogP) is 2.95. The molecule has 6 nitrogen and oxygen atoms in total. The highest BCUT2D eigenvalue weighted by Gasteiger charge is 2.41. The number of hydrogen-bond acceptors (Lipinski definition) is 4. The van der Waals surface area contributed by atoms with Gasteiger partial charge in [-0.05, 0) is 43.5 Å². The fraction of sp³-hybridized carbons (Fsp3) is 0.286. The third-order valence-electron chi connectivity index (χ3n) is 5.11. The van der Waals surface area contributed by atoms with Crippen molar-refractivity contribution in [2.45, 2.75) is 31.8 Å². The van der Waals surface area contributed by atoms with Gasteiger partial charge in [-0.15, -0.1) is 0 Å². The number of benzene rings is 2. The minimum absolute atomic E-state index is 0.127. The van der Waals surface area contributed by atoms with E-state index in [2.05, 4.69) is 16.0 Å². The molecule has 4 rings (SSSR count). The van der Waals surface area contributed by atoms with E-state index in [1.165, 1.54) is 5.01 Å². The van der Waals surface area contributed by atoms with Crippen LogP contribution >= 0.6 is 0 Å². The fourth-order valence-electron chi connectivity index (χ4n) is 3.71. The molecule has 2 aromatic rings. The molecule has 1 aliphatic heterocycles. The fourth-order valence-corrected chi connectivity index (χ4v) is 3.71. The minimum Gasteiger partial charge on any atom is -0.285 e. The highest BCUT2D eigenvalue weighted by atomic mass is 16.2. The zero-order valence-electron chi connectivity index (χ0n) is 15.0. The van der Waals surface area contributed by atoms with Crippen LogP contribution < -0.4 is 10.9 Å². The quantitative estimate of drug-likeness (QED) is 0.822. The predicted molar refractivity (Wildman–Crippen MR) is 103 cm³/mol. The van der Waals surface area contributed by atoms with Gasteiger partial charge >= 0.3 is 0 Å². The third kappa shape index (κ3) is 3.61. The van der Waals surface area contributed by atoms with Crippen LogP contribution in [0.25, 0.3) is 0 Å². The van der Waals surface area contributed by atoms with E-state index in [1.807, 2.05) is 36.4 Å². The summed E-state index contributed by atoms with van der Waals surface area (Å²) in [4.78, 5) is 25.4. The molecule has 2 amide bonds. The van der Waals surface area contributed by atoms with E-state index in [9.17, 15) is 9.59 Å². The number of fused-ring (bicyclic) bond motifs is 1. The van der Waals surface area contributed by atoms with Crippen LogP contribution in [-0.4, -0.2) is 28.7 Å². The molecule has 138 valence electrons. The monoisotopic (exact) mass is 362 g/mol. The lowest BCUT2D eigenvalue weighted by molar-refractivity contribution is 0.0598. The summed E-state index contributed by atoms with van der Waals surface area (Å²) in [5, 5.41) is 6.10. The summed E-state index contributed by atoms with van der Waals surface area (Å²) in [6.45, 7) is 0. The van der Waals surface area contributed by atoms with Crippen LogP contribution in [0.4, 0.5) is 0 Å². The number of hydrazine groups is 1. The van der Waals surface area contributed by atoms with Crippen molar-refractivity contribution >= 4 is 17.5 Å². The number of hydrogen-bond donors (Lipinski definition) is 2. The lowest BCUT2D eigenvalue weighted by Gasteiger charge is -2.29. The molecule has 27 heavy (non-hydrogen) atoms. The number of carbonyl (C=O) groups excluding carboxylic acids is 2. The van der Waals surface area contributed by atoms with E-state index in [4.69, 9.17) is 0 Å². The van der Waals surface area contributed by atoms with Crippen molar-refractivity contribution in [3.63, 3.8) is 0 Å². The van der Waals surface area contributed by atoms with Crippen molar-refractivity contribution < 1.29 is 9.59 Å². The summed E-state index contributed by atoms with van der Waals surface area (Å²) >= 11 is 0. The van der Waals surface area contributed by atoms with Gasteiger partial charge in [-0.25, -0.2) is 10.4 Å². The molecular weight excluding hydrogens is 340 g/mol. The van der Waals surface area contributed by atoms with Gasteiger partial charge in [0, 0.05) is 22.8 Å². The van der Waals surface area contributed by atoms with E-state index >= 15 is 0 Å². The first-order chi connectivity index (χ1) is 13.2. The normalized spacial score (nSPS) is 21.3. The number of hydrazone groups is 1. The van der Waals surface area contributed by atoms with Gasteiger partial charge in [0.15, 0.2) is 0 Å². The van der Waals surface area contributed by atoms with Gasteiger partial charge in [-0.1, -0.05) is 42.8 Å². The molecule has 2 aliphatic rings. The van der Waals surface area contributed by atoms with Gasteiger partial charge in [-0.3, -0.25) is 15.0 Å². The standard InChI is InChI=1S/C21H22N4O2/c26-20(15-9-3-1-4-10-15)23-22-19-17-13-7-8-14-18(17)24-25(19)21(27)16-11-5-2-6-12-16/h1-6,9-12,17,19,22H,7-8,13-14H2,(H,23,26)/t17-,19+/m1/s1. The van der Waals surface area contributed by atoms with Gasteiger partial charge in [0.05, 0.1) is 0 Å².